The molecule has 1 aromatic carbocycles. The molecule has 0 spiro atoms. The number of benzene rings is 1. The van der Waals surface area contributed by atoms with Crippen molar-refractivity contribution in [2.24, 2.45) is 0 Å². The molecule has 0 saturated carbocycles. The van der Waals surface area contributed by atoms with Crippen LogP contribution in [0.15, 0.2) is 36.5 Å². The van der Waals surface area contributed by atoms with Crippen LogP contribution in [0.25, 0.3) is 0 Å². The Kier molecular flexibility index (Phi) is 5.16. The number of anilines is 1. The zero-order valence-corrected chi connectivity index (χ0v) is 12.9. The SMILES string of the molecule is CC(C)c1ccc(C(CO)NC(=O)Cn2ccc(N)n2)cc1. The molecule has 1 aromatic heterocycles. The predicted octanol–water partition coefficient (Wildman–Crippen LogP) is 1.44. The van der Waals surface area contributed by atoms with Gasteiger partial charge in [-0.25, -0.2) is 0 Å². The zero-order valence-electron chi connectivity index (χ0n) is 12.9. The highest BCUT2D eigenvalue weighted by Crippen LogP contribution is 2.18. The van der Waals surface area contributed by atoms with Crippen LogP contribution in [0.3, 0.4) is 0 Å². The number of nitrogens with two attached hydrogens (primary N) is 1. The van der Waals surface area contributed by atoms with Crippen LogP contribution in [0.1, 0.15) is 36.9 Å². The Bertz CT molecular complexity index is 619. The molecular weight excluding hydrogens is 280 g/mol. The van der Waals surface area contributed by atoms with Gasteiger partial charge in [-0.15, -0.1) is 0 Å². The van der Waals surface area contributed by atoms with Gasteiger partial charge in [0.1, 0.15) is 12.4 Å². The lowest BCUT2D eigenvalue weighted by molar-refractivity contribution is -0.122. The van der Waals surface area contributed by atoms with Gasteiger partial charge in [-0.05, 0) is 23.1 Å². The summed E-state index contributed by atoms with van der Waals surface area (Å²) >= 11 is 0. The number of aliphatic hydroxyl groups excluding tert-OH is 1. The number of carbonyl (C=O) groups excluding carboxylic acids is 1. The molecule has 1 atom stereocenters. The number of rotatable bonds is 6. The summed E-state index contributed by atoms with van der Waals surface area (Å²) in [5.74, 6) is 0.590. The second-order valence-corrected chi connectivity index (χ2v) is 5.56. The van der Waals surface area contributed by atoms with E-state index in [9.17, 15) is 9.90 Å². The van der Waals surface area contributed by atoms with Crippen molar-refractivity contribution >= 4 is 11.7 Å². The van der Waals surface area contributed by atoms with Crippen LogP contribution in [0.4, 0.5) is 5.82 Å². The van der Waals surface area contributed by atoms with Crippen molar-refractivity contribution in [3.05, 3.63) is 47.7 Å². The standard InChI is InChI=1S/C16H22N4O2/c1-11(2)12-3-5-13(6-4-12)14(10-21)18-16(22)9-20-8-7-15(17)19-20/h3-8,11,14,21H,9-10H2,1-2H3,(H2,17,19)(H,18,22). The number of aliphatic hydroxyl groups is 1. The van der Waals surface area contributed by atoms with E-state index in [-0.39, 0.29) is 19.1 Å². The predicted molar refractivity (Wildman–Crippen MR) is 85.1 cm³/mol. The number of hydrogen-bond acceptors (Lipinski definition) is 4. The van der Waals surface area contributed by atoms with E-state index in [1.807, 2.05) is 24.3 Å². The van der Waals surface area contributed by atoms with Crippen molar-refractivity contribution in [2.45, 2.75) is 32.4 Å². The molecule has 0 aliphatic rings. The summed E-state index contributed by atoms with van der Waals surface area (Å²) in [4.78, 5) is 12.0. The van der Waals surface area contributed by atoms with Crippen molar-refractivity contribution in [3.8, 4) is 0 Å². The Hall–Kier alpha value is -2.34. The molecule has 1 heterocycles. The normalized spacial score (nSPS) is 12.4. The number of nitrogens with one attached hydrogen (secondary N) is 1. The molecule has 6 heteroatoms. The van der Waals surface area contributed by atoms with Gasteiger partial charge < -0.3 is 16.2 Å². The number of aromatic nitrogens is 2. The van der Waals surface area contributed by atoms with Crippen molar-refractivity contribution in [1.29, 1.82) is 0 Å². The second-order valence-electron chi connectivity index (χ2n) is 5.56. The molecular formula is C16H22N4O2. The Balaban J connectivity index is 2.00. The molecule has 2 rings (SSSR count). The minimum absolute atomic E-state index is 0.0672. The lowest BCUT2D eigenvalue weighted by Crippen LogP contribution is -2.33. The van der Waals surface area contributed by atoms with Crippen LogP contribution < -0.4 is 11.1 Å². The van der Waals surface area contributed by atoms with Crippen LogP contribution in [0.2, 0.25) is 0 Å². The number of carbonyl (C=O) groups is 1. The lowest BCUT2D eigenvalue weighted by Gasteiger charge is -2.17. The molecule has 1 amide bonds. The zero-order chi connectivity index (χ0) is 16.1. The van der Waals surface area contributed by atoms with Gasteiger partial charge >= 0.3 is 0 Å². The van der Waals surface area contributed by atoms with Gasteiger partial charge in [0.05, 0.1) is 12.6 Å². The molecule has 0 radical (unpaired) electrons. The number of hydrogen-bond donors (Lipinski definition) is 3. The lowest BCUT2D eigenvalue weighted by atomic mass is 9.99. The summed E-state index contributed by atoms with van der Waals surface area (Å²) in [6.45, 7) is 4.15. The first-order valence-corrected chi connectivity index (χ1v) is 7.28. The minimum atomic E-state index is -0.429. The van der Waals surface area contributed by atoms with Crippen molar-refractivity contribution < 1.29 is 9.90 Å². The topological polar surface area (TPSA) is 93.2 Å². The first-order valence-electron chi connectivity index (χ1n) is 7.28. The van der Waals surface area contributed by atoms with Gasteiger partial charge in [0.15, 0.2) is 0 Å². The van der Waals surface area contributed by atoms with E-state index in [2.05, 4.69) is 24.3 Å². The maximum atomic E-state index is 12.0. The highest BCUT2D eigenvalue weighted by molar-refractivity contribution is 5.76. The Labute approximate surface area is 129 Å². The quantitative estimate of drug-likeness (QED) is 0.752. The van der Waals surface area contributed by atoms with E-state index in [4.69, 9.17) is 5.73 Å². The van der Waals surface area contributed by atoms with Gasteiger partial charge in [-0.3, -0.25) is 9.48 Å². The fourth-order valence-corrected chi connectivity index (χ4v) is 2.20. The molecule has 118 valence electrons. The first-order chi connectivity index (χ1) is 10.5. The van der Waals surface area contributed by atoms with E-state index in [1.165, 1.54) is 10.2 Å². The fourth-order valence-electron chi connectivity index (χ4n) is 2.20. The van der Waals surface area contributed by atoms with Gasteiger partial charge in [0.25, 0.3) is 0 Å². The van der Waals surface area contributed by atoms with Gasteiger partial charge in [0.2, 0.25) is 5.91 Å². The molecule has 0 aliphatic carbocycles. The molecule has 6 nitrogen and oxygen atoms in total. The van der Waals surface area contributed by atoms with Crippen LogP contribution in [-0.2, 0) is 11.3 Å². The molecule has 0 saturated heterocycles. The van der Waals surface area contributed by atoms with Gasteiger partial charge in [-0.1, -0.05) is 38.1 Å². The summed E-state index contributed by atoms with van der Waals surface area (Å²) in [5.41, 5.74) is 7.60. The van der Waals surface area contributed by atoms with Crippen molar-refractivity contribution in [1.82, 2.24) is 15.1 Å². The monoisotopic (exact) mass is 302 g/mol. The third-order valence-corrected chi connectivity index (χ3v) is 3.49. The van der Waals surface area contributed by atoms with Crippen LogP contribution in [0.5, 0.6) is 0 Å². The van der Waals surface area contributed by atoms with E-state index >= 15 is 0 Å². The van der Waals surface area contributed by atoms with Crippen LogP contribution in [-0.4, -0.2) is 27.4 Å². The molecule has 0 aliphatic heterocycles. The van der Waals surface area contributed by atoms with Crippen LogP contribution in [0, 0.1) is 0 Å². The van der Waals surface area contributed by atoms with Crippen molar-refractivity contribution in [2.75, 3.05) is 12.3 Å². The summed E-state index contributed by atoms with van der Waals surface area (Å²) < 4.78 is 1.46. The molecule has 22 heavy (non-hydrogen) atoms. The molecule has 4 N–H and O–H groups in total. The molecule has 0 bridgehead atoms. The average Bonchev–Trinajstić information content (AvgIpc) is 2.90. The fraction of sp³-hybridized carbons (Fsp3) is 0.375. The number of nitrogens with zero attached hydrogens (tertiary/aromatic N) is 2. The maximum absolute atomic E-state index is 12.0. The third-order valence-electron chi connectivity index (χ3n) is 3.49. The van der Waals surface area contributed by atoms with Gasteiger partial charge in [0, 0.05) is 6.20 Å². The summed E-state index contributed by atoms with van der Waals surface area (Å²) in [6.07, 6.45) is 1.64. The molecule has 0 fully saturated rings. The highest BCUT2D eigenvalue weighted by Gasteiger charge is 2.14. The van der Waals surface area contributed by atoms with Crippen molar-refractivity contribution in [3.63, 3.8) is 0 Å². The molecule has 1 unspecified atom stereocenters. The second kappa shape index (κ2) is 7.09. The number of nitrogen functional groups attached to an aromatic ring is 1. The van der Waals surface area contributed by atoms with E-state index in [0.29, 0.717) is 11.7 Å². The highest BCUT2D eigenvalue weighted by atomic mass is 16.3. The smallest absolute Gasteiger partial charge is 0.242 e. The van der Waals surface area contributed by atoms with Crippen LogP contribution >= 0.6 is 0 Å². The maximum Gasteiger partial charge on any atom is 0.242 e. The van der Waals surface area contributed by atoms with E-state index in [0.717, 1.165) is 5.56 Å². The summed E-state index contributed by atoms with van der Waals surface area (Å²) in [5, 5.41) is 16.3. The third kappa shape index (κ3) is 4.08. The Morgan fingerprint density at radius 1 is 1.27 bits per heavy atom. The Morgan fingerprint density at radius 2 is 1.91 bits per heavy atom. The number of amides is 1. The summed E-state index contributed by atoms with van der Waals surface area (Å²) in [6, 6.07) is 9.10. The molecule has 2 aromatic rings. The Morgan fingerprint density at radius 3 is 2.41 bits per heavy atom. The van der Waals surface area contributed by atoms with Gasteiger partial charge in [-0.2, -0.15) is 5.10 Å². The van der Waals surface area contributed by atoms with E-state index < -0.39 is 6.04 Å². The average molecular weight is 302 g/mol. The first kappa shape index (κ1) is 16.0. The minimum Gasteiger partial charge on any atom is -0.394 e. The largest absolute Gasteiger partial charge is 0.394 e. The van der Waals surface area contributed by atoms with E-state index in [1.54, 1.807) is 12.3 Å². The summed E-state index contributed by atoms with van der Waals surface area (Å²) in [7, 11) is 0.